The third-order valence-electron chi connectivity index (χ3n) is 8.50. The predicted octanol–water partition coefficient (Wildman–Crippen LogP) is 2.87. The van der Waals surface area contributed by atoms with Crippen molar-refractivity contribution >= 4 is 204 Å². The number of benzene rings is 2. The van der Waals surface area contributed by atoms with Crippen LogP contribution in [0.5, 0.6) is 0 Å². The zero-order valence-electron chi connectivity index (χ0n) is 33.4. The fourth-order valence-electron chi connectivity index (χ4n) is 5.34. The van der Waals surface area contributed by atoms with Gasteiger partial charge >= 0.3 is 11.9 Å². The van der Waals surface area contributed by atoms with E-state index in [2.05, 4.69) is 16.0 Å². The summed E-state index contributed by atoms with van der Waals surface area (Å²) >= 11 is 11.1. The topological polar surface area (TPSA) is 321 Å². The van der Waals surface area contributed by atoms with Crippen LogP contribution in [0.3, 0.4) is 0 Å². The standard InChI is InChI=1S/C28H28I6N4O10S.C7H17NO5/c1-5-37(11(3)39)25-19(31)15(27(43)44)17(29)23(21(25)33)35-13(41)7-9-49(47,48)10-8-14(42)36-24-18(30)16(28(45)46)20(32)26(22(24)34)38(6-2)12(4)40;1-8-2-4(10)6(12)7(13)5(11)3-9/h5-10H2,1-4H3,(H,35,41)(H,36,42)(H,43,44)(H,45,46);4-13H,2-3H2,1H3/t;4-,5+,6-,7+/m.0/s1. The average Bonchev–Trinajstić information content (AvgIpc) is 3.18. The van der Waals surface area contributed by atoms with E-state index >= 15 is 0 Å². The molecule has 0 spiro atoms. The van der Waals surface area contributed by atoms with Crippen LogP contribution in [0.1, 0.15) is 61.3 Å². The first-order valence-electron chi connectivity index (χ1n) is 17.9. The van der Waals surface area contributed by atoms with E-state index in [4.69, 9.17) is 20.4 Å². The lowest BCUT2D eigenvalue weighted by Gasteiger charge is -2.26. The number of aliphatic hydroxyl groups excluding tert-OH is 5. The minimum atomic E-state index is -3.95. The third kappa shape index (κ3) is 16.0. The summed E-state index contributed by atoms with van der Waals surface area (Å²) in [5.41, 5.74) is 0.647. The summed E-state index contributed by atoms with van der Waals surface area (Å²) in [6.07, 6.45) is -6.65. The van der Waals surface area contributed by atoms with Gasteiger partial charge in [0.15, 0.2) is 9.84 Å². The summed E-state index contributed by atoms with van der Waals surface area (Å²) in [5, 5.41) is 72.5. The number of aliphatic hydroxyl groups is 5. The molecule has 2 rings (SSSR count). The number of hydrogen-bond acceptors (Lipinski definition) is 14. The summed E-state index contributed by atoms with van der Waals surface area (Å²) in [7, 11) is -2.38. The van der Waals surface area contributed by atoms with Gasteiger partial charge in [0.2, 0.25) is 23.6 Å². The maximum atomic E-state index is 13.0. The van der Waals surface area contributed by atoms with Crippen LogP contribution in [0.4, 0.5) is 22.7 Å². The first kappa shape index (κ1) is 59.4. The van der Waals surface area contributed by atoms with E-state index in [1.165, 1.54) is 23.6 Å². The Morgan fingerprint density at radius 2 is 0.952 bits per heavy atom. The van der Waals surface area contributed by atoms with Gasteiger partial charge in [-0.15, -0.1) is 0 Å². The molecular formula is C35H45I6N5O15S. The molecule has 27 heteroatoms. The van der Waals surface area contributed by atoms with Gasteiger partial charge in [0.25, 0.3) is 0 Å². The lowest BCUT2D eigenvalue weighted by molar-refractivity contribution is -0.117. The van der Waals surface area contributed by atoms with Gasteiger partial charge in [-0.25, -0.2) is 18.0 Å². The molecule has 20 nitrogen and oxygen atoms in total. The Balaban J connectivity index is 0.00000127. The number of carboxylic acid groups (broad SMARTS) is 2. The molecule has 0 radical (unpaired) electrons. The number of likely N-dealkylation sites (N-methyl/N-ethyl adjacent to an activating group) is 1. The van der Waals surface area contributed by atoms with Crippen LogP contribution in [0.25, 0.3) is 0 Å². The average molecular weight is 1570 g/mol. The molecule has 0 saturated heterocycles. The first-order valence-corrected chi connectivity index (χ1v) is 26.2. The lowest BCUT2D eigenvalue weighted by atomic mass is 10.0. The molecule has 348 valence electrons. The van der Waals surface area contributed by atoms with Crippen LogP contribution in [0.15, 0.2) is 0 Å². The van der Waals surface area contributed by atoms with Crippen LogP contribution in [0.2, 0.25) is 0 Å². The van der Waals surface area contributed by atoms with Crippen LogP contribution in [-0.4, -0.2) is 149 Å². The number of nitrogens with one attached hydrogen (secondary N) is 3. The number of anilines is 4. The lowest BCUT2D eigenvalue weighted by Crippen LogP contribution is -2.48. The second-order valence-electron chi connectivity index (χ2n) is 12.8. The second-order valence-corrected chi connectivity index (χ2v) is 21.6. The van der Waals surface area contributed by atoms with Crippen molar-refractivity contribution in [3.8, 4) is 0 Å². The predicted molar refractivity (Wildman–Crippen MR) is 281 cm³/mol. The number of hydrogen-bond donors (Lipinski definition) is 10. The zero-order valence-corrected chi connectivity index (χ0v) is 47.2. The number of amides is 4. The van der Waals surface area contributed by atoms with Crippen LogP contribution < -0.4 is 25.8 Å². The summed E-state index contributed by atoms with van der Waals surface area (Å²) in [6, 6.07) is 0. The minimum absolute atomic E-state index is 0.0936. The highest BCUT2D eigenvalue weighted by Crippen LogP contribution is 2.42. The summed E-state index contributed by atoms with van der Waals surface area (Å²) < 4.78 is 27.6. The molecular weight excluding hydrogens is 1520 g/mol. The normalized spacial score (nSPS) is 13.2. The zero-order chi connectivity index (χ0) is 48.1. The SMILES string of the molecule is CCN(C(C)=O)c1c(I)c(NC(=O)CCS(=O)(=O)CCC(=O)Nc2c(I)c(C(=O)O)c(I)c(N(CC)C(C)=O)c2I)c(I)c(C(=O)O)c1I.CNC[C@H](O)[C@H](O)[C@H](O)[C@H](O)CO. The molecule has 0 aliphatic carbocycles. The van der Waals surface area contributed by atoms with Gasteiger partial charge in [-0.2, -0.15) is 0 Å². The van der Waals surface area contributed by atoms with Crippen molar-refractivity contribution in [1.82, 2.24) is 5.32 Å². The molecule has 10 N–H and O–H groups in total. The molecule has 0 aliphatic heterocycles. The van der Waals surface area contributed by atoms with Gasteiger partial charge in [-0.05, 0) is 156 Å². The summed E-state index contributed by atoms with van der Waals surface area (Å²) in [4.78, 5) is 77.6. The van der Waals surface area contributed by atoms with E-state index in [1.807, 2.05) is 90.4 Å². The summed E-state index contributed by atoms with van der Waals surface area (Å²) in [5.74, 6) is -5.89. The Morgan fingerprint density at radius 1 is 0.613 bits per heavy atom. The Kier molecular flexibility index (Phi) is 26.1. The number of aromatic carboxylic acids is 2. The van der Waals surface area contributed by atoms with Crippen LogP contribution >= 0.6 is 136 Å². The maximum Gasteiger partial charge on any atom is 0.338 e. The fraction of sp³-hybridized carbons (Fsp3) is 0.486. The van der Waals surface area contributed by atoms with Crippen molar-refractivity contribution in [3.05, 3.63) is 32.5 Å². The Labute approximate surface area is 439 Å². The van der Waals surface area contributed by atoms with Crippen molar-refractivity contribution in [2.24, 2.45) is 0 Å². The Morgan fingerprint density at radius 3 is 1.23 bits per heavy atom. The van der Waals surface area contributed by atoms with Gasteiger partial charge in [-0.3, -0.25) is 19.2 Å². The Bertz CT molecular complexity index is 2010. The summed E-state index contributed by atoms with van der Waals surface area (Å²) in [6.45, 7) is 6.00. The van der Waals surface area contributed by atoms with Crippen LogP contribution in [-0.2, 0) is 29.0 Å². The van der Waals surface area contributed by atoms with Gasteiger partial charge in [0, 0.05) is 46.3 Å². The minimum Gasteiger partial charge on any atom is -0.478 e. The molecule has 0 heterocycles. The molecule has 4 amide bonds. The van der Waals surface area contributed by atoms with Gasteiger partial charge < -0.3 is 61.5 Å². The molecule has 4 atom stereocenters. The molecule has 0 fully saturated rings. The number of sulfone groups is 1. The van der Waals surface area contributed by atoms with E-state index in [0.29, 0.717) is 25.7 Å². The van der Waals surface area contributed by atoms with E-state index in [0.717, 1.165) is 0 Å². The highest BCUT2D eigenvalue weighted by molar-refractivity contribution is 14.1. The number of rotatable bonds is 20. The maximum absolute atomic E-state index is 13.0. The van der Waals surface area contributed by atoms with Crippen molar-refractivity contribution in [1.29, 1.82) is 0 Å². The highest BCUT2D eigenvalue weighted by atomic mass is 127. The van der Waals surface area contributed by atoms with Crippen molar-refractivity contribution in [2.45, 2.75) is 65.0 Å². The van der Waals surface area contributed by atoms with E-state index in [9.17, 15) is 52.5 Å². The largest absolute Gasteiger partial charge is 0.478 e. The van der Waals surface area contributed by atoms with Gasteiger partial charge in [-0.1, -0.05) is 0 Å². The number of halogens is 6. The molecule has 2 aromatic carbocycles. The number of carbonyl (C=O) groups is 6. The van der Waals surface area contributed by atoms with Gasteiger partial charge in [0.05, 0.1) is 79.5 Å². The molecule has 0 unspecified atom stereocenters. The van der Waals surface area contributed by atoms with Crippen LogP contribution in [0, 0.1) is 21.4 Å². The highest BCUT2D eigenvalue weighted by Gasteiger charge is 2.32. The molecule has 0 aliphatic rings. The molecule has 2 aromatic rings. The number of nitrogens with zero attached hydrogens (tertiary/aromatic N) is 2. The molecule has 0 bridgehead atoms. The molecule has 0 saturated carbocycles. The van der Waals surface area contributed by atoms with E-state index in [-0.39, 0.29) is 61.1 Å². The molecule has 62 heavy (non-hydrogen) atoms. The smallest absolute Gasteiger partial charge is 0.338 e. The number of carbonyl (C=O) groups excluding carboxylic acids is 4. The van der Waals surface area contributed by atoms with Crippen molar-refractivity contribution in [3.63, 3.8) is 0 Å². The van der Waals surface area contributed by atoms with E-state index < -0.39 is 89.0 Å². The Hall–Kier alpha value is -0.650. The second kappa shape index (κ2) is 27.2. The molecule has 0 aromatic heterocycles. The van der Waals surface area contributed by atoms with E-state index in [1.54, 1.807) is 66.1 Å². The third-order valence-corrected chi connectivity index (χ3v) is 16.5. The fourth-order valence-corrected chi connectivity index (χ4v) is 15.5. The first-order chi connectivity index (χ1) is 28.7. The van der Waals surface area contributed by atoms with Crippen molar-refractivity contribution in [2.75, 3.05) is 65.2 Å². The van der Waals surface area contributed by atoms with Gasteiger partial charge in [0.1, 0.15) is 18.3 Å². The van der Waals surface area contributed by atoms with Crippen molar-refractivity contribution < 1.29 is 72.9 Å². The number of carboxylic acids is 2. The monoisotopic (exact) mass is 1570 g/mol. The quantitative estimate of drug-likeness (QED) is 0.0853.